The van der Waals surface area contributed by atoms with Gasteiger partial charge in [0.25, 0.3) is 0 Å². The Labute approximate surface area is 297 Å². The standard InChI is InChI=1S/C47H74O/c1-3-5-11-17-39-23-31-43(32-24-39)45-35-27-41(28-36-45)19-13-7-9-15-21-47(48)22-16-10-8-14-20-42-29-37-46(38-30-42)44-33-25-40(26-34-44)18-12-6-4-2/h27-30,35-40,43-44H,3-26,31-34H2,1-2H3/t39-,40?,43-,44?. The summed E-state index contributed by atoms with van der Waals surface area (Å²) in [6.07, 6.45) is 36.1. The van der Waals surface area contributed by atoms with Crippen LogP contribution in [0.15, 0.2) is 48.5 Å². The number of carbonyl (C=O) groups excluding carboxylic acids is 1. The number of unbranched alkanes of at least 4 members (excludes halogenated alkanes) is 10. The summed E-state index contributed by atoms with van der Waals surface area (Å²) in [7, 11) is 0. The second-order valence-electron chi connectivity index (χ2n) is 16.3. The zero-order valence-electron chi connectivity index (χ0n) is 31.6. The summed E-state index contributed by atoms with van der Waals surface area (Å²) >= 11 is 0. The van der Waals surface area contributed by atoms with Crippen molar-refractivity contribution in [2.45, 2.75) is 205 Å². The average molecular weight is 655 g/mol. The molecular formula is C47H74O. The maximum absolute atomic E-state index is 12.4. The van der Waals surface area contributed by atoms with E-state index in [1.165, 1.54) is 165 Å². The lowest BCUT2D eigenvalue weighted by molar-refractivity contribution is -0.119. The molecule has 0 saturated heterocycles. The normalized spacial score (nSPS) is 21.4. The SMILES string of the molecule is CCCCCC1CCC(c2ccc(CCCCCCC(=O)CCCCCCc3ccc([C@H]4CC[C@H](CCCCC)CC4)cc3)cc2)CC1. The number of rotatable bonds is 24. The van der Waals surface area contributed by atoms with Crippen LogP contribution < -0.4 is 0 Å². The minimum Gasteiger partial charge on any atom is -0.300 e. The largest absolute Gasteiger partial charge is 0.300 e. The summed E-state index contributed by atoms with van der Waals surface area (Å²) in [5.41, 5.74) is 6.14. The smallest absolute Gasteiger partial charge is 0.132 e. The number of hydrogen-bond acceptors (Lipinski definition) is 1. The minimum absolute atomic E-state index is 0.492. The summed E-state index contributed by atoms with van der Waals surface area (Å²) in [5.74, 6) is 4.06. The van der Waals surface area contributed by atoms with E-state index in [0.717, 1.165) is 49.4 Å². The van der Waals surface area contributed by atoms with Crippen LogP contribution in [0.3, 0.4) is 0 Å². The maximum atomic E-state index is 12.4. The van der Waals surface area contributed by atoms with Gasteiger partial charge in [0.1, 0.15) is 5.78 Å². The molecule has 1 heteroatoms. The fraction of sp³-hybridized carbons (Fsp3) is 0.723. The van der Waals surface area contributed by atoms with Crippen LogP contribution in [-0.2, 0) is 17.6 Å². The van der Waals surface area contributed by atoms with Gasteiger partial charge in [-0.1, -0.05) is 139 Å². The molecular weight excluding hydrogens is 581 g/mol. The van der Waals surface area contributed by atoms with E-state index < -0.39 is 0 Å². The molecule has 0 radical (unpaired) electrons. The van der Waals surface area contributed by atoms with Crippen molar-refractivity contribution in [1.82, 2.24) is 0 Å². The molecule has 0 aromatic heterocycles. The highest BCUT2D eigenvalue weighted by atomic mass is 16.1. The summed E-state index contributed by atoms with van der Waals surface area (Å²) in [4.78, 5) is 12.4. The van der Waals surface area contributed by atoms with Crippen LogP contribution in [0, 0.1) is 11.8 Å². The first-order valence-electron chi connectivity index (χ1n) is 21.3. The summed E-state index contributed by atoms with van der Waals surface area (Å²) in [6.45, 7) is 4.62. The van der Waals surface area contributed by atoms with E-state index in [0.29, 0.717) is 5.78 Å². The molecule has 2 saturated carbocycles. The van der Waals surface area contributed by atoms with Crippen LogP contribution in [0.2, 0.25) is 0 Å². The van der Waals surface area contributed by atoms with Crippen LogP contribution in [-0.4, -0.2) is 5.78 Å². The molecule has 0 atom stereocenters. The Morgan fingerprint density at radius 1 is 0.458 bits per heavy atom. The van der Waals surface area contributed by atoms with Crippen molar-refractivity contribution in [2.75, 3.05) is 0 Å². The van der Waals surface area contributed by atoms with E-state index in [-0.39, 0.29) is 0 Å². The molecule has 0 aliphatic heterocycles. The Balaban J connectivity index is 0.951. The Bertz CT molecular complexity index is 993. The molecule has 0 spiro atoms. The molecule has 2 aliphatic rings. The zero-order valence-corrected chi connectivity index (χ0v) is 31.6. The van der Waals surface area contributed by atoms with E-state index in [1.54, 1.807) is 11.1 Å². The van der Waals surface area contributed by atoms with Crippen LogP contribution in [0.5, 0.6) is 0 Å². The second kappa shape index (κ2) is 23.5. The molecule has 1 nitrogen and oxygen atoms in total. The maximum Gasteiger partial charge on any atom is 0.132 e. The van der Waals surface area contributed by atoms with Crippen LogP contribution >= 0.6 is 0 Å². The van der Waals surface area contributed by atoms with E-state index in [1.807, 2.05) is 0 Å². The molecule has 48 heavy (non-hydrogen) atoms. The Morgan fingerprint density at radius 2 is 0.833 bits per heavy atom. The molecule has 2 aromatic rings. The number of aryl methyl sites for hydroxylation is 2. The lowest BCUT2D eigenvalue weighted by Gasteiger charge is -2.29. The Morgan fingerprint density at radius 3 is 1.21 bits per heavy atom. The lowest BCUT2D eigenvalue weighted by Crippen LogP contribution is -2.13. The van der Waals surface area contributed by atoms with Gasteiger partial charge in [-0.15, -0.1) is 0 Å². The molecule has 0 amide bonds. The predicted octanol–water partition coefficient (Wildman–Crippen LogP) is 14.7. The van der Waals surface area contributed by atoms with Crippen molar-refractivity contribution in [3.05, 3.63) is 70.8 Å². The van der Waals surface area contributed by atoms with Gasteiger partial charge in [-0.2, -0.15) is 0 Å². The minimum atomic E-state index is 0.492. The van der Waals surface area contributed by atoms with E-state index in [4.69, 9.17) is 0 Å². The third-order valence-corrected chi connectivity index (χ3v) is 12.4. The van der Waals surface area contributed by atoms with Crippen molar-refractivity contribution in [3.63, 3.8) is 0 Å². The fourth-order valence-corrected chi connectivity index (χ4v) is 8.98. The third kappa shape index (κ3) is 14.9. The first-order chi connectivity index (χ1) is 23.6. The van der Waals surface area contributed by atoms with Gasteiger partial charge in [-0.05, 0) is 136 Å². The van der Waals surface area contributed by atoms with E-state index >= 15 is 0 Å². The molecule has 2 fully saturated rings. The lowest BCUT2D eigenvalue weighted by atomic mass is 9.77. The predicted molar refractivity (Wildman–Crippen MR) is 209 cm³/mol. The van der Waals surface area contributed by atoms with Crippen molar-refractivity contribution in [3.8, 4) is 0 Å². The van der Waals surface area contributed by atoms with Gasteiger partial charge in [0.15, 0.2) is 0 Å². The second-order valence-corrected chi connectivity index (χ2v) is 16.3. The molecule has 2 aromatic carbocycles. The van der Waals surface area contributed by atoms with Crippen molar-refractivity contribution < 1.29 is 4.79 Å². The van der Waals surface area contributed by atoms with Crippen LogP contribution in [0.4, 0.5) is 0 Å². The van der Waals surface area contributed by atoms with Crippen LogP contribution in [0.25, 0.3) is 0 Å². The molecule has 268 valence electrons. The van der Waals surface area contributed by atoms with E-state index in [2.05, 4.69) is 62.4 Å². The zero-order chi connectivity index (χ0) is 33.7. The Hall–Kier alpha value is -1.89. The fourth-order valence-electron chi connectivity index (χ4n) is 8.98. The molecule has 0 N–H and O–H groups in total. The Kier molecular flexibility index (Phi) is 19.0. The molecule has 2 aliphatic carbocycles. The van der Waals surface area contributed by atoms with Crippen LogP contribution in [0.1, 0.15) is 215 Å². The van der Waals surface area contributed by atoms with Crippen molar-refractivity contribution in [1.29, 1.82) is 0 Å². The van der Waals surface area contributed by atoms with Gasteiger partial charge >= 0.3 is 0 Å². The molecule has 0 heterocycles. The molecule has 0 unspecified atom stereocenters. The molecule has 4 rings (SSSR count). The van der Waals surface area contributed by atoms with Gasteiger partial charge in [0.2, 0.25) is 0 Å². The van der Waals surface area contributed by atoms with Crippen molar-refractivity contribution >= 4 is 5.78 Å². The number of hydrogen-bond donors (Lipinski definition) is 0. The average Bonchev–Trinajstić information content (AvgIpc) is 3.12. The number of benzene rings is 2. The van der Waals surface area contributed by atoms with Crippen molar-refractivity contribution in [2.24, 2.45) is 11.8 Å². The first-order valence-corrected chi connectivity index (χ1v) is 21.3. The van der Waals surface area contributed by atoms with Gasteiger partial charge in [0, 0.05) is 12.8 Å². The number of ketones is 1. The van der Waals surface area contributed by atoms with Gasteiger partial charge < -0.3 is 0 Å². The van der Waals surface area contributed by atoms with Gasteiger partial charge in [0.05, 0.1) is 0 Å². The highest BCUT2D eigenvalue weighted by Crippen LogP contribution is 2.39. The number of carbonyl (C=O) groups is 1. The third-order valence-electron chi connectivity index (χ3n) is 12.4. The first kappa shape index (κ1) is 38.9. The molecule has 0 bridgehead atoms. The summed E-state index contributed by atoms with van der Waals surface area (Å²) in [6, 6.07) is 19.3. The summed E-state index contributed by atoms with van der Waals surface area (Å²) < 4.78 is 0. The quantitative estimate of drug-likeness (QED) is 0.103. The highest BCUT2D eigenvalue weighted by molar-refractivity contribution is 5.78. The van der Waals surface area contributed by atoms with E-state index in [9.17, 15) is 4.79 Å². The van der Waals surface area contributed by atoms with Gasteiger partial charge in [-0.3, -0.25) is 4.79 Å². The van der Waals surface area contributed by atoms with Gasteiger partial charge in [-0.25, -0.2) is 0 Å². The monoisotopic (exact) mass is 655 g/mol. The summed E-state index contributed by atoms with van der Waals surface area (Å²) in [5, 5.41) is 0. The number of Topliss-reactive ketones (excluding diaryl/α,β-unsaturated/α-hetero) is 1. The highest BCUT2D eigenvalue weighted by Gasteiger charge is 2.23. The topological polar surface area (TPSA) is 17.1 Å².